The monoisotopic (exact) mass is 265 g/mol. The van der Waals surface area contributed by atoms with E-state index in [0.717, 1.165) is 23.2 Å². The summed E-state index contributed by atoms with van der Waals surface area (Å²) in [5, 5.41) is 2.69. The van der Waals surface area contributed by atoms with Crippen LogP contribution in [0.15, 0.2) is 18.2 Å². The maximum absolute atomic E-state index is 10.6. The van der Waals surface area contributed by atoms with Gasteiger partial charge in [-0.2, -0.15) is 0 Å². The first-order chi connectivity index (χ1) is 9.15. The van der Waals surface area contributed by atoms with E-state index in [1.165, 1.54) is 0 Å². The summed E-state index contributed by atoms with van der Waals surface area (Å²) < 4.78 is 11.4. The van der Waals surface area contributed by atoms with E-state index in [0.29, 0.717) is 19.6 Å². The van der Waals surface area contributed by atoms with Crippen molar-refractivity contribution in [3.8, 4) is 0 Å². The van der Waals surface area contributed by atoms with Crippen LogP contribution in [0.1, 0.15) is 38.3 Å². The highest BCUT2D eigenvalue weighted by molar-refractivity contribution is 5.74. The van der Waals surface area contributed by atoms with Crippen molar-refractivity contribution in [2.45, 2.75) is 39.9 Å². The summed E-state index contributed by atoms with van der Waals surface area (Å²) in [5.74, 6) is -0.768. The van der Waals surface area contributed by atoms with Crippen molar-refractivity contribution in [1.82, 2.24) is 0 Å². The number of benzene rings is 1. The van der Waals surface area contributed by atoms with Gasteiger partial charge in [-0.05, 0) is 32.4 Å². The third-order valence-electron chi connectivity index (χ3n) is 2.92. The molecule has 1 fully saturated rings. The summed E-state index contributed by atoms with van der Waals surface area (Å²) in [7, 11) is 0. The molecule has 0 aliphatic carbocycles. The summed E-state index contributed by atoms with van der Waals surface area (Å²) in [6.45, 7) is 9.23. The Morgan fingerprint density at radius 1 is 1.26 bits per heavy atom. The molecule has 1 heterocycles. The molecule has 0 aromatic heterocycles. The second-order valence-corrected chi connectivity index (χ2v) is 4.31. The number of aryl methyl sites for hydroxylation is 1. The van der Waals surface area contributed by atoms with Crippen molar-refractivity contribution in [3.63, 3.8) is 0 Å². The van der Waals surface area contributed by atoms with Crippen LogP contribution in [0.25, 0.3) is 0 Å². The van der Waals surface area contributed by atoms with Gasteiger partial charge >= 0.3 is 0 Å². The van der Waals surface area contributed by atoms with Crippen molar-refractivity contribution in [2.75, 3.05) is 18.5 Å². The molecule has 0 spiro atoms. The van der Waals surface area contributed by atoms with Crippen molar-refractivity contribution < 1.29 is 14.3 Å². The number of rotatable bonds is 3. The van der Waals surface area contributed by atoms with E-state index in [-0.39, 0.29) is 0 Å². The first-order valence-electron chi connectivity index (χ1n) is 6.75. The van der Waals surface area contributed by atoms with Crippen LogP contribution in [0.3, 0.4) is 0 Å². The lowest BCUT2D eigenvalue weighted by Gasteiger charge is -2.35. The van der Waals surface area contributed by atoms with E-state index >= 15 is 0 Å². The molecule has 2 rings (SSSR count). The van der Waals surface area contributed by atoms with E-state index in [1.54, 1.807) is 0 Å². The fraction of sp³-hybridized carbons (Fsp3) is 0.533. The first-order valence-corrected chi connectivity index (χ1v) is 6.75. The maximum Gasteiger partial charge on any atom is 0.211 e. The zero-order valence-corrected chi connectivity index (χ0v) is 12.2. The molecule has 106 valence electrons. The van der Waals surface area contributed by atoms with E-state index in [1.807, 2.05) is 45.9 Å². The van der Waals surface area contributed by atoms with Crippen LogP contribution >= 0.6 is 0 Å². The lowest BCUT2D eigenvalue weighted by atomic mass is 10.0. The van der Waals surface area contributed by atoms with Gasteiger partial charge in [0.1, 0.15) is 0 Å². The van der Waals surface area contributed by atoms with Gasteiger partial charge in [0, 0.05) is 11.3 Å². The van der Waals surface area contributed by atoms with Crippen molar-refractivity contribution >= 4 is 12.1 Å². The second kappa shape index (κ2) is 7.26. The summed E-state index contributed by atoms with van der Waals surface area (Å²) in [5.41, 5.74) is 2.70. The Labute approximate surface area is 115 Å². The third kappa shape index (κ3) is 3.78. The number of hydrogen-bond acceptors (Lipinski definition) is 3. The Morgan fingerprint density at radius 3 is 2.47 bits per heavy atom. The largest absolute Gasteiger partial charge is 0.346 e. The minimum absolute atomic E-state index is 0.667. The zero-order chi connectivity index (χ0) is 14.3. The van der Waals surface area contributed by atoms with Gasteiger partial charge in [-0.3, -0.25) is 4.79 Å². The lowest BCUT2D eigenvalue weighted by molar-refractivity contribution is -0.264. The topological polar surface area (TPSA) is 47.6 Å². The van der Waals surface area contributed by atoms with E-state index < -0.39 is 5.79 Å². The quantitative estimate of drug-likeness (QED) is 0.854. The SMILES string of the molecule is CC.Cc1ccc(NC=O)c(C2(C)OCCCO2)c1. The number of hydrogen-bond donors (Lipinski definition) is 1. The molecule has 0 atom stereocenters. The molecule has 1 N–H and O–H groups in total. The molecular formula is C15H23NO3. The average Bonchev–Trinajstić information content (AvgIpc) is 2.44. The molecular weight excluding hydrogens is 242 g/mol. The standard InChI is InChI=1S/C13H17NO3.C2H6/c1-10-4-5-12(14-9-15)11(8-10)13(2)16-6-3-7-17-13;1-2/h4-5,8-9H,3,6-7H2,1-2H3,(H,14,15);1-2H3. The normalized spacial score (nSPS) is 17.1. The summed E-state index contributed by atoms with van der Waals surface area (Å²) in [6.07, 6.45) is 1.57. The number of carbonyl (C=O) groups is 1. The fourth-order valence-electron chi connectivity index (χ4n) is 2.01. The van der Waals surface area contributed by atoms with Gasteiger partial charge in [-0.25, -0.2) is 0 Å². The van der Waals surface area contributed by atoms with E-state index in [2.05, 4.69) is 5.32 Å². The summed E-state index contributed by atoms with van der Waals surface area (Å²) >= 11 is 0. The molecule has 0 radical (unpaired) electrons. The highest BCUT2D eigenvalue weighted by Crippen LogP contribution is 2.35. The van der Waals surface area contributed by atoms with Crippen LogP contribution in [0, 0.1) is 6.92 Å². The van der Waals surface area contributed by atoms with Gasteiger partial charge in [0.2, 0.25) is 6.41 Å². The van der Waals surface area contributed by atoms with Gasteiger partial charge in [0.25, 0.3) is 0 Å². The van der Waals surface area contributed by atoms with Crippen LogP contribution in [0.4, 0.5) is 5.69 Å². The van der Waals surface area contributed by atoms with Gasteiger partial charge in [0.05, 0.1) is 13.2 Å². The Hall–Kier alpha value is -1.39. The predicted octanol–water partition coefficient (Wildman–Crippen LogP) is 3.20. The lowest BCUT2D eigenvalue weighted by Crippen LogP contribution is -2.35. The molecule has 4 heteroatoms. The Bertz CT molecular complexity index is 412. The van der Waals surface area contributed by atoms with Gasteiger partial charge < -0.3 is 14.8 Å². The molecule has 1 aliphatic heterocycles. The van der Waals surface area contributed by atoms with Gasteiger partial charge in [-0.15, -0.1) is 0 Å². The number of carbonyl (C=O) groups excluding carboxylic acids is 1. The smallest absolute Gasteiger partial charge is 0.211 e. The third-order valence-corrected chi connectivity index (χ3v) is 2.92. The predicted molar refractivity (Wildman–Crippen MR) is 76.1 cm³/mol. The van der Waals surface area contributed by atoms with Crippen LogP contribution in [0.2, 0.25) is 0 Å². The molecule has 1 aromatic rings. The summed E-state index contributed by atoms with van der Waals surface area (Å²) in [6, 6.07) is 5.80. The molecule has 4 nitrogen and oxygen atoms in total. The van der Waals surface area contributed by atoms with Gasteiger partial charge in [0.15, 0.2) is 5.79 Å². The number of anilines is 1. The van der Waals surface area contributed by atoms with Crippen LogP contribution in [-0.4, -0.2) is 19.6 Å². The molecule has 1 saturated heterocycles. The van der Waals surface area contributed by atoms with E-state index in [4.69, 9.17) is 9.47 Å². The molecule has 0 bridgehead atoms. The van der Waals surface area contributed by atoms with Crippen LogP contribution in [-0.2, 0) is 20.1 Å². The number of ether oxygens (including phenoxy) is 2. The minimum Gasteiger partial charge on any atom is -0.346 e. The maximum atomic E-state index is 10.6. The highest BCUT2D eigenvalue weighted by atomic mass is 16.7. The molecule has 1 aliphatic rings. The number of amides is 1. The molecule has 1 amide bonds. The molecule has 0 unspecified atom stereocenters. The molecule has 0 saturated carbocycles. The van der Waals surface area contributed by atoms with Gasteiger partial charge in [-0.1, -0.05) is 25.5 Å². The van der Waals surface area contributed by atoms with Crippen molar-refractivity contribution in [1.29, 1.82) is 0 Å². The zero-order valence-electron chi connectivity index (χ0n) is 12.2. The van der Waals surface area contributed by atoms with Crippen LogP contribution < -0.4 is 5.32 Å². The Kier molecular flexibility index (Phi) is 5.99. The Morgan fingerprint density at radius 2 is 1.89 bits per heavy atom. The highest BCUT2D eigenvalue weighted by Gasteiger charge is 2.33. The molecule has 1 aromatic carbocycles. The van der Waals surface area contributed by atoms with Crippen LogP contribution in [0.5, 0.6) is 0 Å². The molecule has 19 heavy (non-hydrogen) atoms. The van der Waals surface area contributed by atoms with Crippen molar-refractivity contribution in [2.24, 2.45) is 0 Å². The van der Waals surface area contributed by atoms with Crippen molar-refractivity contribution in [3.05, 3.63) is 29.3 Å². The Balaban J connectivity index is 0.000000861. The van der Waals surface area contributed by atoms with E-state index in [9.17, 15) is 4.79 Å². The fourth-order valence-corrected chi connectivity index (χ4v) is 2.01. The minimum atomic E-state index is -0.768. The number of nitrogens with one attached hydrogen (secondary N) is 1. The first kappa shape index (κ1) is 15.7. The average molecular weight is 265 g/mol. The second-order valence-electron chi connectivity index (χ2n) is 4.31. The summed E-state index contributed by atoms with van der Waals surface area (Å²) in [4.78, 5) is 10.6.